The van der Waals surface area contributed by atoms with Crippen molar-refractivity contribution in [3.05, 3.63) is 52.5 Å². The largest absolute Gasteiger partial charge is 0.457 e. The van der Waals surface area contributed by atoms with Crippen molar-refractivity contribution >= 4 is 21.6 Å². The average Bonchev–Trinajstić information content (AvgIpc) is 2.47. The summed E-state index contributed by atoms with van der Waals surface area (Å²) < 4.78 is 7.12. The Hall–Kier alpha value is -1.52. The van der Waals surface area contributed by atoms with Crippen molar-refractivity contribution in [2.75, 3.05) is 25.5 Å². The highest BCUT2D eigenvalue weighted by Gasteiger charge is 2.07. The van der Waals surface area contributed by atoms with E-state index < -0.39 is 0 Å². The van der Waals surface area contributed by atoms with E-state index in [4.69, 9.17) is 4.74 Å². The molecule has 21 heavy (non-hydrogen) atoms. The van der Waals surface area contributed by atoms with E-state index in [0.717, 1.165) is 40.3 Å². The molecule has 0 aliphatic rings. The Morgan fingerprint density at radius 1 is 1.14 bits per heavy atom. The Bertz CT molecular complexity index is 599. The summed E-state index contributed by atoms with van der Waals surface area (Å²) in [7, 11) is 4.05. The van der Waals surface area contributed by atoms with Crippen LogP contribution in [0.15, 0.2) is 46.9 Å². The third-order valence-corrected chi connectivity index (χ3v) is 3.64. The summed E-state index contributed by atoms with van der Waals surface area (Å²) in [5, 5.41) is 3.34. The van der Waals surface area contributed by atoms with Crippen LogP contribution in [0.4, 0.5) is 5.69 Å². The van der Waals surface area contributed by atoms with E-state index in [1.54, 1.807) is 0 Å². The average molecular weight is 349 g/mol. The molecule has 0 fully saturated rings. The van der Waals surface area contributed by atoms with Gasteiger partial charge in [0.15, 0.2) is 0 Å². The molecular weight excluding hydrogens is 328 g/mol. The summed E-state index contributed by atoms with van der Waals surface area (Å²) in [6.07, 6.45) is 0. The fraction of sp³-hybridized carbons (Fsp3) is 0.294. The minimum atomic E-state index is 0.790. The fourth-order valence-electron chi connectivity index (χ4n) is 2.00. The Balaban J connectivity index is 2.24. The molecule has 112 valence electrons. The molecule has 0 amide bonds. The minimum absolute atomic E-state index is 0.790. The summed E-state index contributed by atoms with van der Waals surface area (Å²) >= 11 is 3.51. The maximum atomic E-state index is 6.06. The molecule has 0 aromatic heterocycles. The van der Waals surface area contributed by atoms with Crippen molar-refractivity contribution in [2.45, 2.75) is 13.5 Å². The van der Waals surface area contributed by atoms with Gasteiger partial charge in [-0.1, -0.05) is 28.9 Å². The smallest absolute Gasteiger partial charge is 0.131 e. The summed E-state index contributed by atoms with van der Waals surface area (Å²) in [6, 6.07) is 14.2. The van der Waals surface area contributed by atoms with Crippen LogP contribution in [0.5, 0.6) is 11.5 Å². The zero-order chi connectivity index (χ0) is 15.2. The first-order valence-corrected chi connectivity index (χ1v) is 7.84. The molecule has 0 unspecified atom stereocenters. The molecule has 2 aromatic carbocycles. The number of hydrogen-bond acceptors (Lipinski definition) is 3. The predicted molar refractivity (Wildman–Crippen MR) is 92.4 cm³/mol. The van der Waals surface area contributed by atoms with E-state index in [1.165, 1.54) is 0 Å². The lowest BCUT2D eigenvalue weighted by Crippen LogP contribution is -2.12. The number of hydrogen-bond donors (Lipinski definition) is 1. The maximum absolute atomic E-state index is 6.06. The maximum Gasteiger partial charge on any atom is 0.131 e. The Labute approximate surface area is 135 Å². The summed E-state index contributed by atoms with van der Waals surface area (Å²) in [5.74, 6) is 1.73. The van der Waals surface area contributed by atoms with Crippen molar-refractivity contribution in [3.8, 4) is 11.5 Å². The zero-order valence-corrected chi connectivity index (χ0v) is 14.3. The van der Waals surface area contributed by atoms with Gasteiger partial charge in [-0.15, -0.1) is 0 Å². The van der Waals surface area contributed by atoms with Crippen LogP contribution in [-0.2, 0) is 6.54 Å². The van der Waals surface area contributed by atoms with Gasteiger partial charge in [0.1, 0.15) is 11.5 Å². The number of benzene rings is 2. The van der Waals surface area contributed by atoms with Crippen LogP contribution in [0.3, 0.4) is 0 Å². The number of ether oxygens (including phenoxy) is 1. The summed E-state index contributed by atoms with van der Waals surface area (Å²) in [5.41, 5.74) is 2.26. The standard InChI is InChI=1S/C17H21BrN2O/c1-4-19-12-13-10-14(18)8-9-17(13)21-16-7-5-6-15(11-16)20(2)3/h5-11,19H,4,12H2,1-3H3. The molecule has 0 saturated heterocycles. The molecule has 3 nitrogen and oxygen atoms in total. The first-order valence-electron chi connectivity index (χ1n) is 7.04. The first kappa shape index (κ1) is 15.9. The Kier molecular flexibility index (Phi) is 5.65. The van der Waals surface area contributed by atoms with Crippen LogP contribution in [0.25, 0.3) is 0 Å². The van der Waals surface area contributed by atoms with Gasteiger partial charge in [0.25, 0.3) is 0 Å². The van der Waals surface area contributed by atoms with E-state index in [1.807, 2.05) is 44.4 Å². The monoisotopic (exact) mass is 348 g/mol. The minimum Gasteiger partial charge on any atom is -0.457 e. The Morgan fingerprint density at radius 3 is 2.67 bits per heavy atom. The van der Waals surface area contributed by atoms with Gasteiger partial charge < -0.3 is 15.0 Å². The lowest BCUT2D eigenvalue weighted by atomic mass is 10.2. The van der Waals surface area contributed by atoms with Gasteiger partial charge in [-0.05, 0) is 36.9 Å². The molecular formula is C17H21BrN2O. The van der Waals surface area contributed by atoms with E-state index in [2.05, 4.69) is 45.2 Å². The highest BCUT2D eigenvalue weighted by atomic mass is 79.9. The van der Waals surface area contributed by atoms with Crippen LogP contribution in [0.2, 0.25) is 0 Å². The third-order valence-electron chi connectivity index (χ3n) is 3.15. The van der Waals surface area contributed by atoms with Gasteiger partial charge in [0.2, 0.25) is 0 Å². The number of anilines is 1. The molecule has 0 heterocycles. The van der Waals surface area contributed by atoms with Crippen molar-refractivity contribution in [1.29, 1.82) is 0 Å². The van der Waals surface area contributed by atoms with Crippen LogP contribution < -0.4 is 15.0 Å². The van der Waals surface area contributed by atoms with Crippen molar-refractivity contribution in [3.63, 3.8) is 0 Å². The SMILES string of the molecule is CCNCc1cc(Br)ccc1Oc1cccc(N(C)C)c1. The molecule has 0 atom stereocenters. The van der Waals surface area contributed by atoms with Gasteiger partial charge in [0.05, 0.1) is 0 Å². The normalized spacial score (nSPS) is 10.5. The molecule has 4 heteroatoms. The molecule has 1 N–H and O–H groups in total. The van der Waals surface area contributed by atoms with Gasteiger partial charge in [-0.2, -0.15) is 0 Å². The predicted octanol–water partition coefficient (Wildman–Crippen LogP) is 4.42. The van der Waals surface area contributed by atoms with Gasteiger partial charge in [0, 0.05) is 42.4 Å². The van der Waals surface area contributed by atoms with E-state index in [9.17, 15) is 0 Å². The number of nitrogens with one attached hydrogen (secondary N) is 1. The van der Waals surface area contributed by atoms with Gasteiger partial charge in [-0.25, -0.2) is 0 Å². The van der Waals surface area contributed by atoms with Gasteiger partial charge >= 0.3 is 0 Å². The van der Waals surface area contributed by atoms with Crippen molar-refractivity contribution in [1.82, 2.24) is 5.32 Å². The molecule has 0 aliphatic carbocycles. The second-order valence-electron chi connectivity index (χ2n) is 5.03. The molecule has 0 saturated carbocycles. The highest BCUT2D eigenvalue weighted by Crippen LogP contribution is 2.29. The lowest BCUT2D eigenvalue weighted by Gasteiger charge is -2.15. The number of rotatable bonds is 6. The molecule has 0 spiro atoms. The molecule has 0 radical (unpaired) electrons. The van der Waals surface area contributed by atoms with Crippen LogP contribution in [0, 0.1) is 0 Å². The topological polar surface area (TPSA) is 24.5 Å². The fourth-order valence-corrected chi connectivity index (χ4v) is 2.41. The molecule has 2 aromatic rings. The second kappa shape index (κ2) is 7.48. The van der Waals surface area contributed by atoms with Crippen LogP contribution in [0.1, 0.15) is 12.5 Å². The van der Waals surface area contributed by atoms with E-state index in [-0.39, 0.29) is 0 Å². The lowest BCUT2D eigenvalue weighted by molar-refractivity contribution is 0.473. The van der Waals surface area contributed by atoms with E-state index in [0.29, 0.717) is 0 Å². The molecule has 2 rings (SSSR count). The van der Waals surface area contributed by atoms with E-state index >= 15 is 0 Å². The number of halogens is 1. The van der Waals surface area contributed by atoms with Crippen LogP contribution in [-0.4, -0.2) is 20.6 Å². The first-order chi connectivity index (χ1) is 10.1. The summed E-state index contributed by atoms with van der Waals surface area (Å²) in [4.78, 5) is 2.06. The van der Waals surface area contributed by atoms with Crippen molar-refractivity contribution < 1.29 is 4.74 Å². The molecule has 0 bridgehead atoms. The quantitative estimate of drug-likeness (QED) is 0.836. The molecule has 0 aliphatic heterocycles. The zero-order valence-electron chi connectivity index (χ0n) is 12.7. The van der Waals surface area contributed by atoms with Crippen molar-refractivity contribution in [2.24, 2.45) is 0 Å². The van der Waals surface area contributed by atoms with Gasteiger partial charge in [-0.3, -0.25) is 0 Å². The second-order valence-corrected chi connectivity index (χ2v) is 5.94. The summed E-state index contributed by atoms with van der Waals surface area (Å²) in [6.45, 7) is 3.82. The third kappa shape index (κ3) is 4.48. The highest BCUT2D eigenvalue weighted by molar-refractivity contribution is 9.10. The Morgan fingerprint density at radius 2 is 1.95 bits per heavy atom. The number of nitrogens with zero attached hydrogens (tertiary/aromatic N) is 1. The van der Waals surface area contributed by atoms with Crippen LogP contribution >= 0.6 is 15.9 Å².